The molecule has 0 saturated heterocycles. The van der Waals surface area contributed by atoms with Gasteiger partial charge in [0.25, 0.3) is 0 Å². The molecule has 2 atom stereocenters. The van der Waals surface area contributed by atoms with Crippen LogP contribution in [0.5, 0.6) is 0 Å². The number of aryl methyl sites for hydroxylation is 1. The summed E-state index contributed by atoms with van der Waals surface area (Å²) in [7, 11) is 0. The van der Waals surface area contributed by atoms with Gasteiger partial charge in [-0.1, -0.05) is 85.6 Å². The number of carbonyl (C=O) groups excluding carboxylic acids is 3. The van der Waals surface area contributed by atoms with E-state index in [0.29, 0.717) is 18.6 Å². The molecule has 3 rings (SSSR count). The standard InChI is InChI=1S/C27H33NO4S/c1-20(29)33-19-24-17-23-15-10-9-14-22(23)13-7-2-3-8-16-25(28-26(24)30)27(31)32-18-21-11-5-4-6-12-21/h4-6,9-12,14-15,24-25H,2-3,7-8,13,16-19H2,1H3,(H,28,30)/t24-,25-/m0/s1. The van der Waals surface area contributed by atoms with Crippen molar-refractivity contribution in [2.24, 2.45) is 5.92 Å². The summed E-state index contributed by atoms with van der Waals surface area (Å²) in [5, 5.41) is 2.94. The van der Waals surface area contributed by atoms with Crippen molar-refractivity contribution in [3.8, 4) is 0 Å². The highest BCUT2D eigenvalue weighted by Crippen LogP contribution is 2.22. The zero-order valence-corrected chi connectivity index (χ0v) is 20.1. The Labute approximate surface area is 200 Å². The van der Waals surface area contributed by atoms with Crippen LogP contribution < -0.4 is 5.32 Å². The van der Waals surface area contributed by atoms with E-state index in [4.69, 9.17) is 4.74 Å². The molecule has 1 aliphatic heterocycles. The number of hydrogen-bond donors (Lipinski definition) is 1. The predicted octanol–water partition coefficient (Wildman–Crippen LogP) is 4.86. The third-order valence-electron chi connectivity index (χ3n) is 5.96. The van der Waals surface area contributed by atoms with Crippen molar-refractivity contribution in [3.05, 3.63) is 71.3 Å². The fourth-order valence-corrected chi connectivity index (χ4v) is 4.80. The van der Waals surface area contributed by atoms with Gasteiger partial charge in [0.05, 0.1) is 5.92 Å². The Morgan fingerprint density at radius 1 is 0.970 bits per heavy atom. The van der Waals surface area contributed by atoms with Crippen LogP contribution in [0.2, 0.25) is 0 Å². The molecular formula is C27H33NO4S. The van der Waals surface area contributed by atoms with E-state index >= 15 is 0 Å². The Bertz CT molecular complexity index is 931. The Hall–Kier alpha value is -2.60. The molecule has 0 radical (unpaired) electrons. The first-order valence-corrected chi connectivity index (χ1v) is 12.7. The molecule has 0 bridgehead atoms. The minimum absolute atomic E-state index is 0.0159. The molecule has 176 valence electrons. The molecule has 1 aliphatic rings. The van der Waals surface area contributed by atoms with Gasteiger partial charge in [-0.15, -0.1) is 0 Å². The predicted molar refractivity (Wildman–Crippen MR) is 132 cm³/mol. The highest BCUT2D eigenvalue weighted by atomic mass is 32.2. The van der Waals surface area contributed by atoms with Crippen molar-refractivity contribution in [3.63, 3.8) is 0 Å². The number of thioether (sulfide) groups is 1. The molecule has 2 aromatic carbocycles. The maximum Gasteiger partial charge on any atom is 0.328 e. The van der Waals surface area contributed by atoms with Crippen LogP contribution in [0, 0.1) is 5.92 Å². The second-order valence-corrected chi connectivity index (χ2v) is 9.78. The minimum Gasteiger partial charge on any atom is -0.459 e. The summed E-state index contributed by atoms with van der Waals surface area (Å²) in [6.45, 7) is 1.70. The summed E-state index contributed by atoms with van der Waals surface area (Å²) in [6, 6.07) is 17.1. The van der Waals surface area contributed by atoms with Gasteiger partial charge in [-0.2, -0.15) is 0 Å². The van der Waals surface area contributed by atoms with Gasteiger partial charge in [-0.05, 0) is 42.4 Å². The van der Waals surface area contributed by atoms with E-state index in [1.807, 2.05) is 42.5 Å². The molecule has 0 aromatic heterocycles. The number of benzene rings is 2. The lowest BCUT2D eigenvalue weighted by atomic mass is 9.93. The number of nitrogens with one attached hydrogen (secondary N) is 1. The summed E-state index contributed by atoms with van der Waals surface area (Å²) >= 11 is 1.16. The summed E-state index contributed by atoms with van der Waals surface area (Å²) in [5.41, 5.74) is 3.32. The van der Waals surface area contributed by atoms with E-state index in [1.165, 1.54) is 12.5 Å². The molecule has 0 unspecified atom stereocenters. The average molecular weight is 468 g/mol. The van der Waals surface area contributed by atoms with Gasteiger partial charge in [0.15, 0.2) is 5.12 Å². The molecule has 0 saturated carbocycles. The fourth-order valence-electron chi connectivity index (χ4n) is 4.10. The van der Waals surface area contributed by atoms with E-state index in [1.54, 1.807) is 0 Å². The number of esters is 1. The highest BCUT2D eigenvalue weighted by Gasteiger charge is 2.28. The quantitative estimate of drug-likeness (QED) is 0.636. The lowest BCUT2D eigenvalue weighted by Crippen LogP contribution is -2.45. The Kier molecular flexibility index (Phi) is 10.0. The molecule has 0 fully saturated rings. The lowest BCUT2D eigenvalue weighted by molar-refractivity contribution is -0.149. The zero-order valence-electron chi connectivity index (χ0n) is 19.3. The van der Waals surface area contributed by atoms with E-state index in [9.17, 15) is 14.4 Å². The maximum absolute atomic E-state index is 13.3. The number of rotatable bonds is 5. The van der Waals surface area contributed by atoms with Crippen LogP contribution in [0.4, 0.5) is 0 Å². The third kappa shape index (κ3) is 8.35. The van der Waals surface area contributed by atoms with Gasteiger partial charge in [0.1, 0.15) is 12.6 Å². The molecule has 1 N–H and O–H groups in total. The topological polar surface area (TPSA) is 72.5 Å². The van der Waals surface area contributed by atoms with Crippen molar-refractivity contribution in [1.29, 1.82) is 0 Å². The van der Waals surface area contributed by atoms with Gasteiger partial charge >= 0.3 is 5.97 Å². The van der Waals surface area contributed by atoms with Crippen LogP contribution in [0.3, 0.4) is 0 Å². The lowest BCUT2D eigenvalue weighted by Gasteiger charge is -2.22. The van der Waals surface area contributed by atoms with Crippen LogP contribution in [-0.2, 0) is 38.6 Å². The van der Waals surface area contributed by atoms with Crippen LogP contribution in [0.25, 0.3) is 0 Å². The number of fused-ring (bicyclic) bond motifs is 1. The molecule has 33 heavy (non-hydrogen) atoms. The largest absolute Gasteiger partial charge is 0.459 e. The fraction of sp³-hybridized carbons (Fsp3) is 0.444. The highest BCUT2D eigenvalue weighted by molar-refractivity contribution is 8.13. The van der Waals surface area contributed by atoms with Gasteiger partial charge in [-0.25, -0.2) is 4.79 Å². The number of amides is 1. The van der Waals surface area contributed by atoms with E-state index in [0.717, 1.165) is 55.0 Å². The van der Waals surface area contributed by atoms with E-state index in [-0.39, 0.29) is 17.6 Å². The maximum atomic E-state index is 13.3. The van der Waals surface area contributed by atoms with E-state index in [2.05, 4.69) is 17.4 Å². The van der Waals surface area contributed by atoms with Crippen molar-refractivity contribution in [2.75, 3.05) is 5.75 Å². The van der Waals surface area contributed by atoms with Gasteiger partial charge in [0, 0.05) is 12.7 Å². The Morgan fingerprint density at radius 2 is 1.67 bits per heavy atom. The van der Waals surface area contributed by atoms with Crippen LogP contribution in [0.1, 0.15) is 55.7 Å². The summed E-state index contributed by atoms with van der Waals surface area (Å²) in [5.74, 6) is -0.605. The molecule has 5 nitrogen and oxygen atoms in total. The second-order valence-electron chi connectivity index (χ2n) is 8.58. The summed E-state index contributed by atoms with van der Waals surface area (Å²) in [4.78, 5) is 37.8. The molecule has 2 aromatic rings. The molecule has 6 heteroatoms. The van der Waals surface area contributed by atoms with Crippen LogP contribution in [-0.4, -0.2) is 28.8 Å². The van der Waals surface area contributed by atoms with Crippen LogP contribution in [0.15, 0.2) is 54.6 Å². The van der Waals surface area contributed by atoms with Gasteiger partial charge in [0.2, 0.25) is 5.91 Å². The first-order valence-electron chi connectivity index (χ1n) is 11.7. The first kappa shape index (κ1) is 25.0. The molecule has 0 spiro atoms. The smallest absolute Gasteiger partial charge is 0.328 e. The SMILES string of the molecule is CC(=O)SC[C@@H]1Cc2ccccc2CCCCCC[C@@H](C(=O)OCc2ccccc2)NC1=O. The average Bonchev–Trinajstić information content (AvgIpc) is 2.83. The number of hydrogen-bond acceptors (Lipinski definition) is 5. The van der Waals surface area contributed by atoms with Crippen molar-refractivity contribution < 1.29 is 19.1 Å². The third-order valence-corrected chi connectivity index (χ3v) is 6.93. The number of carbonyl (C=O) groups is 3. The monoisotopic (exact) mass is 467 g/mol. The molecular weight excluding hydrogens is 434 g/mol. The normalized spacial score (nSPS) is 19.7. The minimum atomic E-state index is -0.679. The summed E-state index contributed by atoms with van der Waals surface area (Å²) in [6.07, 6.45) is 6.09. The zero-order chi connectivity index (χ0) is 23.5. The first-order chi connectivity index (χ1) is 16.0. The Balaban J connectivity index is 1.75. The summed E-state index contributed by atoms with van der Waals surface area (Å²) < 4.78 is 5.54. The Morgan fingerprint density at radius 3 is 2.42 bits per heavy atom. The van der Waals surface area contributed by atoms with Gasteiger partial charge in [-0.3, -0.25) is 9.59 Å². The number of ether oxygens (including phenoxy) is 1. The molecule has 1 amide bonds. The molecule has 1 heterocycles. The van der Waals surface area contributed by atoms with Crippen molar-refractivity contribution in [2.45, 2.75) is 64.5 Å². The van der Waals surface area contributed by atoms with Crippen LogP contribution >= 0.6 is 11.8 Å². The van der Waals surface area contributed by atoms with Gasteiger partial charge < -0.3 is 10.1 Å². The van der Waals surface area contributed by atoms with Crippen molar-refractivity contribution in [1.82, 2.24) is 5.32 Å². The van der Waals surface area contributed by atoms with Crippen molar-refractivity contribution >= 4 is 28.8 Å². The molecule has 0 aliphatic carbocycles. The second kappa shape index (κ2) is 13.2. The van der Waals surface area contributed by atoms with E-state index < -0.39 is 17.9 Å².